The Bertz CT molecular complexity index is 1060. The lowest BCUT2D eigenvalue weighted by Crippen LogP contribution is -2.43. The molecule has 2 aromatic heterocycles. The van der Waals surface area contributed by atoms with Crippen molar-refractivity contribution >= 4 is 17.2 Å². The van der Waals surface area contributed by atoms with Gasteiger partial charge in [-0.15, -0.1) is 0 Å². The number of rotatable bonds is 4. The van der Waals surface area contributed by atoms with E-state index in [1.807, 2.05) is 10.7 Å². The van der Waals surface area contributed by atoms with Crippen molar-refractivity contribution in [3.8, 4) is 0 Å². The number of benzene rings is 1. The minimum Gasteiger partial charge on any atom is -0.354 e. The van der Waals surface area contributed by atoms with Crippen molar-refractivity contribution in [1.82, 2.24) is 19.9 Å². The third kappa shape index (κ3) is 3.64. The highest BCUT2D eigenvalue weighted by Gasteiger charge is 2.29. The number of fused-ring (bicyclic) bond motifs is 3. The quantitative estimate of drug-likeness (QED) is 0.721. The Kier molecular flexibility index (Phi) is 5.11. The molecular formula is C23H26FN5O. The van der Waals surface area contributed by atoms with E-state index >= 15 is 0 Å². The Labute approximate surface area is 175 Å². The van der Waals surface area contributed by atoms with Crippen molar-refractivity contribution in [2.45, 2.75) is 45.1 Å². The first-order chi connectivity index (χ1) is 14.7. The van der Waals surface area contributed by atoms with Gasteiger partial charge >= 0.3 is 0 Å². The van der Waals surface area contributed by atoms with E-state index in [1.165, 1.54) is 36.2 Å². The molecule has 1 aromatic carbocycles. The number of nitrogens with one attached hydrogen (secondary N) is 1. The van der Waals surface area contributed by atoms with Gasteiger partial charge in [0.05, 0.1) is 11.6 Å². The van der Waals surface area contributed by atoms with Crippen LogP contribution in [0.25, 0.3) is 5.52 Å². The summed E-state index contributed by atoms with van der Waals surface area (Å²) in [6.07, 6.45) is 10.0. The molecule has 0 unspecified atom stereocenters. The molecule has 1 fully saturated rings. The van der Waals surface area contributed by atoms with Crippen molar-refractivity contribution in [1.29, 1.82) is 0 Å². The molecule has 30 heavy (non-hydrogen) atoms. The third-order valence-corrected chi connectivity index (χ3v) is 6.27. The molecule has 3 heterocycles. The zero-order chi connectivity index (χ0) is 20.5. The van der Waals surface area contributed by atoms with Gasteiger partial charge < -0.3 is 10.2 Å². The van der Waals surface area contributed by atoms with Crippen LogP contribution in [-0.2, 0) is 24.2 Å². The Balaban J connectivity index is 1.32. The molecule has 0 bridgehead atoms. The van der Waals surface area contributed by atoms with Crippen LogP contribution in [0, 0.1) is 11.7 Å². The molecule has 5 rings (SSSR count). The predicted molar refractivity (Wildman–Crippen MR) is 113 cm³/mol. The number of carbonyl (C=O) groups is 1. The number of amides is 1. The summed E-state index contributed by atoms with van der Waals surface area (Å²) in [7, 11) is 0. The highest BCUT2D eigenvalue weighted by atomic mass is 19.1. The molecule has 2 aliphatic rings. The lowest BCUT2D eigenvalue weighted by atomic mass is 9.95. The Hall–Kier alpha value is -2.96. The second-order valence-electron chi connectivity index (χ2n) is 8.31. The first-order valence-corrected chi connectivity index (χ1v) is 10.8. The van der Waals surface area contributed by atoms with Crippen LogP contribution < -0.4 is 10.2 Å². The fraction of sp³-hybridized carbons (Fsp3) is 0.435. The molecule has 0 saturated carbocycles. The number of halogens is 1. The highest BCUT2D eigenvalue weighted by Crippen LogP contribution is 2.32. The summed E-state index contributed by atoms with van der Waals surface area (Å²) in [6, 6.07) is 6.25. The van der Waals surface area contributed by atoms with Gasteiger partial charge in [-0.25, -0.2) is 13.9 Å². The normalized spacial score (nSPS) is 19.0. The van der Waals surface area contributed by atoms with Gasteiger partial charge in [0.15, 0.2) is 5.82 Å². The number of carbonyl (C=O) groups excluding carboxylic acids is 1. The van der Waals surface area contributed by atoms with E-state index in [0.717, 1.165) is 49.1 Å². The molecular weight excluding hydrogens is 381 g/mol. The van der Waals surface area contributed by atoms with Crippen LogP contribution in [0.4, 0.5) is 10.2 Å². The fourth-order valence-electron chi connectivity index (χ4n) is 4.70. The number of hydrogen-bond acceptors (Lipinski definition) is 4. The SMILES string of the molecule is O=C(NCc1ccc(F)cc1)[C@H]1CCCN(c2nccn3nc4c(c23)CCCC4)C1. The largest absolute Gasteiger partial charge is 0.354 e. The van der Waals surface area contributed by atoms with E-state index in [2.05, 4.69) is 10.2 Å². The van der Waals surface area contributed by atoms with Crippen LogP contribution in [-0.4, -0.2) is 33.6 Å². The number of aromatic nitrogens is 3. The number of aryl methyl sites for hydroxylation is 2. The average molecular weight is 407 g/mol. The number of anilines is 1. The van der Waals surface area contributed by atoms with Gasteiger partial charge in [-0.2, -0.15) is 5.10 Å². The maximum atomic E-state index is 13.1. The molecule has 1 aliphatic heterocycles. The summed E-state index contributed by atoms with van der Waals surface area (Å²) in [5.74, 6) is 0.646. The maximum absolute atomic E-state index is 13.1. The van der Waals surface area contributed by atoms with E-state index in [9.17, 15) is 9.18 Å². The van der Waals surface area contributed by atoms with Crippen molar-refractivity contribution in [2.24, 2.45) is 5.92 Å². The predicted octanol–water partition coefficient (Wildman–Crippen LogP) is 3.28. The summed E-state index contributed by atoms with van der Waals surface area (Å²) in [4.78, 5) is 19.8. The van der Waals surface area contributed by atoms with Crippen LogP contribution in [0.15, 0.2) is 36.7 Å². The average Bonchev–Trinajstić information content (AvgIpc) is 3.17. The van der Waals surface area contributed by atoms with E-state index < -0.39 is 0 Å². The van der Waals surface area contributed by atoms with E-state index in [-0.39, 0.29) is 17.6 Å². The molecule has 1 amide bonds. The summed E-state index contributed by atoms with van der Waals surface area (Å²) in [6.45, 7) is 1.97. The molecule has 1 aliphatic carbocycles. The zero-order valence-electron chi connectivity index (χ0n) is 17.0. The molecule has 3 aromatic rings. The van der Waals surface area contributed by atoms with Gasteiger partial charge in [0.1, 0.15) is 11.3 Å². The number of piperidine rings is 1. The van der Waals surface area contributed by atoms with Crippen molar-refractivity contribution in [2.75, 3.05) is 18.0 Å². The Morgan fingerprint density at radius 1 is 1.17 bits per heavy atom. The maximum Gasteiger partial charge on any atom is 0.225 e. The lowest BCUT2D eigenvalue weighted by Gasteiger charge is -2.33. The van der Waals surface area contributed by atoms with Gasteiger partial charge in [-0.05, 0) is 56.2 Å². The Morgan fingerprint density at radius 2 is 2.00 bits per heavy atom. The molecule has 0 spiro atoms. The smallest absolute Gasteiger partial charge is 0.225 e. The molecule has 1 saturated heterocycles. The lowest BCUT2D eigenvalue weighted by molar-refractivity contribution is -0.125. The molecule has 1 N–H and O–H groups in total. The Morgan fingerprint density at radius 3 is 2.87 bits per heavy atom. The van der Waals surface area contributed by atoms with Crippen LogP contribution in [0.1, 0.15) is 42.5 Å². The monoisotopic (exact) mass is 407 g/mol. The summed E-state index contributed by atoms with van der Waals surface area (Å²) >= 11 is 0. The van der Waals surface area contributed by atoms with Gasteiger partial charge in [-0.3, -0.25) is 4.79 Å². The molecule has 7 heteroatoms. The first kappa shape index (κ1) is 19.0. The summed E-state index contributed by atoms with van der Waals surface area (Å²) < 4.78 is 15.0. The first-order valence-electron chi connectivity index (χ1n) is 10.8. The topological polar surface area (TPSA) is 62.5 Å². The highest BCUT2D eigenvalue weighted by molar-refractivity contribution is 5.80. The number of nitrogens with zero attached hydrogens (tertiary/aromatic N) is 4. The van der Waals surface area contributed by atoms with Gasteiger partial charge in [0, 0.05) is 37.6 Å². The molecule has 0 radical (unpaired) electrons. The molecule has 1 atom stereocenters. The molecule has 6 nitrogen and oxygen atoms in total. The van der Waals surface area contributed by atoms with Crippen LogP contribution >= 0.6 is 0 Å². The second kappa shape index (κ2) is 8.05. The standard InChI is InChI=1S/C23H26FN5O/c24-18-9-7-16(8-10-18)14-26-23(30)17-4-3-12-28(15-17)22-21-19-5-1-2-6-20(19)27-29(21)13-11-25-22/h7-11,13,17H,1-6,12,14-15H2,(H,26,30)/t17-/m0/s1. The van der Waals surface area contributed by atoms with Crippen LogP contribution in [0.5, 0.6) is 0 Å². The van der Waals surface area contributed by atoms with Gasteiger partial charge in [-0.1, -0.05) is 12.1 Å². The van der Waals surface area contributed by atoms with E-state index in [1.54, 1.807) is 18.3 Å². The van der Waals surface area contributed by atoms with Gasteiger partial charge in [0.25, 0.3) is 0 Å². The van der Waals surface area contributed by atoms with Crippen molar-refractivity contribution in [3.05, 3.63) is 59.3 Å². The van der Waals surface area contributed by atoms with Crippen molar-refractivity contribution in [3.63, 3.8) is 0 Å². The van der Waals surface area contributed by atoms with E-state index in [0.29, 0.717) is 13.1 Å². The minimum absolute atomic E-state index is 0.0477. The second-order valence-corrected chi connectivity index (χ2v) is 8.31. The van der Waals surface area contributed by atoms with Crippen LogP contribution in [0.2, 0.25) is 0 Å². The van der Waals surface area contributed by atoms with Gasteiger partial charge in [0.2, 0.25) is 5.91 Å². The van der Waals surface area contributed by atoms with Crippen LogP contribution in [0.3, 0.4) is 0 Å². The number of hydrogen-bond donors (Lipinski definition) is 1. The third-order valence-electron chi connectivity index (χ3n) is 6.27. The van der Waals surface area contributed by atoms with E-state index in [4.69, 9.17) is 10.1 Å². The minimum atomic E-state index is -0.267. The van der Waals surface area contributed by atoms with Crippen molar-refractivity contribution < 1.29 is 9.18 Å². The zero-order valence-corrected chi connectivity index (χ0v) is 17.0. The summed E-state index contributed by atoms with van der Waals surface area (Å²) in [5, 5.41) is 7.79. The fourth-order valence-corrected chi connectivity index (χ4v) is 4.70. The summed E-state index contributed by atoms with van der Waals surface area (Å²) in [5.41, 5.74) is 4.53. The molecule has 156 valence electrons.